The number of hydrogen-bond acceptors (Lipinski definition) is 0. The van der Waals surface area contributed by atoms with Crippen LogP contribution in [0.2, 0.25) is 0 Å². The van der Waals surface area contributed by atoms with Gasteiger partial charge in [0, 0.05) is 5.56 Å². The van der Waals surface area contributed by atoms with E-state index in [0.717, 1.165) is 17.6 Å². The normalized spacial score (nSPS) is 12.6. The van der Waals surface area contributed by atoms with Gasteiger partial charge in [0.05, 0.1) is 0 Å². The Kier molecular flexibility index (Phi) is 3.45. The summed E-state index contributed by atoms with van der Waals surface area (Å²) in [5.74, 6) is 0.263. The monoisotopic (exact) mass is 192 g/mol. The molecular formula is C13H17F. The topological polar surface area (TPSA) is 0 Å². The van der Waals surface area contributed by atoms with E-state index in [-0.39, 0.29) is 5.82 Å². The highest BCUT2D eigenvalue weighted by Crippen LogP contribution is 2.23. The minimum Gasteiger partial charge on any atom is -0.206 e. The molecule has 0 N–H and O–H groups in total. The van der Waals surface area contributed by atoms with Crippen molar-refractivity contribution in [3.8, 4) is 0 Å². The van der Waals surface area contributed by atoms with Crippen LogP contribution >= 0.6 is 0 Å². The van der Waals surface area contributed by atoms with Crippen molar-refractivity contribution in [3.63, 3.8) is 0 Å². The molecule has 0 aromatic heterocycles. The summed E-state index contributed by atoms with van der Waals surface area (Å²) in [6.45, 7) is 9.77. The summed E-state index contributed by atoms with van der Waals surface area (Å²) in [5, 5.41) is 0. The molecule has 0 aliphatic carbocycles. The average Bonchev–Trinajstić information content (AvgIpc) is 2.15. The van der Waals surface area contributed by atoms with Gasteiger partial charge in [-0.25, -0.2) is 4.39 Å². The van der Waals surface area contributed by atoms with Gasteiger partial charge in [0.1, 0.15) is 5.82 Å². The first-order valence-electron chi connectivity index (χ1n) is 5.01. The third kappa shape index (κ3) is 2.22. The Morgan fingerprint density at radius 3 is 2.57 bits per heavy atom. The molecular weight excluding hydrogens is 175 g/mol. The van der Waals surface area contributed by atoms with E-state index in [4.69, 9.17) is 0 Å². The predicted molar refractivity (Wildman–Crippen MR) is 59.8 cm³/mol. The van der Waals surface area contributed by atoms with Gasteiger partial charge in [-0.3, -0.25) is 0 Å². The van der Waals surface area contributed by atoms with Crippen LogP contribution in [0.15, 0.2) is 24.8 Å². The Hall–Kier alpha value is -1.11. The summed E-state index contributed by atoms with van der Waals surface area (Å²) in [5.41, 5.74) is 2.46. The van der Waals surface area contributed by atoms with Crippen LogP contribution in [-0.4, -0.2) is 0 Å². The number of hydrogen-bond donors (Lipinski definition) is 0. The van der Waals surface area contributed by atoms with Gasteiger partial charge < -0.3 is 0 Å². The van der Waals surface area contributed by atoms with E-state index in [1.54, 1.807) is 6.07 Å². The third-order valence-corrected chi connectivity index (χ3v) is 2.63. The molecule has 0 bridgehead atoms. The smallest absolute Gasteiger partial charge is 0.130 e. The minimum atomic E-state index is -0.157. The van der Waals surface area contributed by atoms with E-state index in [1.165, 1.54) is 0 Å². The lowest BCUT2D eigenvalue weighted by Gasteiger charge is -2.10. The maximum Gasteiger partial charge on any atom is 0.130 e. The lowest BCUT2D eigenvalue weighted by Crippen LogP contribution is -1.94. The summed E-state index contributed by atoms with van der Waals surface area (Å²) in [6, 6.07) is 5.43. The molecule has 1 unspecified atom stereocenters. The van der Waals surface area contributed by atoms with E-state index in [9.17, 15) is 4.39 Å². The van der Waals surface area contributed by atoms with Crippen molar-refractivity contribution in [2.45, 2.75) is 33.1 Å². The first-order chi connectivity index (χ1) is 6.56. The van der Waals surface area contributed by atoms with Crippen LogP contribution in [0.4, 0.5) is 4.39 Å². The number of benzene rings is 1. The Morgan fingerprint density at radius 1 is 1.50 bits per heavy atom. The molecule has 1 aromatic carbocycles. The van der Waals surface area contributed by atoms with Crippen molar-refractivity contribution < 1.29 is 4.39 Å². The molecule has 0 aliphatic heterocycles. The standard InChI is InChI=1S/C13H17F/c1-5-10(4)11-6-7-12(9(2)3)13(14)8-11/h6-8,10H,2,5H2,1,3-4H3. The zero-order valence-electron chi connectivity index (χ0n) is 9.10. The van der Waals surface area contributed by atoms with Gasteiger partial charge in [-0.2, -0.15) is 0 Å². The molecule has 0 heterocycles. The highest BCUT2D eigenvalue weighted by atomic mass is 19.1. The zero-order valence-corrected chi connectivity index (χ0v) is 9.10. The molecule has 0 spiro atoms. The molecule has 0 amide bonds. The van der Waals surface area contributed by atoms with E-state index in [0.29, 0.717) is 11.5 Å². The number of rotatable bonds is 3. The van der Waals surface area contributed by atoms with Crippen molar-refractivity contribution >= 4 is 5.57 Å². The third-order valence-electron chi connectivity index (χ3n) is 2.63. The maximum atomic E-state index is 13.5. The SMILES string of the molecule is C=C(C)c1ccc(C(C)CC)cc1F. The fraction of sp³-hybridized carbons (Fsp3) is 0.385. The average molecular weight is 192 g/mol. The van der Waals surface area contributed by atoms with Crippen molar-refractivity contribution in [1.29, 1.82) is 0 Å². The second-order valence-electron chi connectivity index (χ2n) is 3.83. The van der Waals surface area contributed by atoms with E-state index in [1.807, 2.05) is 19.1 Å². The van der Waals surface area contributed by atoms with Gasteiger partial charge >= 0.3 is 0 Å². The first-order valence-corrected chi connectivity index (χ1v) is 5.01. The lowest BCUT2D eigenvalue weighted by atomic mass is 9.96. The van der Waals surface area contributed by atoms with Gasteiger partial charge in [-0.1, -0.05) is 32.6 Å². The molecule has 0 radical (unpaired) electrons. The highest BCUT2D eigenvalue weighted by molar-refractivity contribution is 5.62. The molecule has 1 atom stereocenters. The molecule has 0 aliphatic rings. The summed E-state index contributed by atoms with van der Waals surface area (Å²) in [4.78, 5) is 0. The summed E-state index contributed by atoms with van der Waals surface area (Å²) < 4.78 is 13.5. The fourth-order valence-electron chi connectivity index (χ4n) is 1.42. The molecule has 0 saturated carbocycles. The molecule has 0 fully saturated rings. The minimum absolute atomic E-state index is 0.157. The molecule has 0 nitrogen and oxygen atoms in total. The molecule has 0 saturated heterocycles. The fourth-order valence-corrected chi connectivity index (χ4v) is 1.42. The summed E-state index contributed by atoms with van der Waals surface area (Å²) in [7, 11) is 0. The zero-order chi connectivity index (χ0) is 10.7. The van der Waals surface area contributed by atoms with Gasteiger partial charge in [-0.05, 0) is 36.5 Å². The first kappa shape index (κ1) is 11.0. The van der Waals surface area contributed by atoms with E-state index >= 15 is 0 Å². The van der Waals surface area contributed by atoms with Gasteiger partial charge in [-0.15, -0.1) is 0 Å². The van der Waals surface area contributed by atoms with Gasteiger partial charge in [0.25, 0.3) is 0 Å². The van der Waals surface area contributed by atoms with Crippen LogP contribution in [0.5, 0.6) is 0 Å². The van der Waals surface area contributed by atoms with Gasteiger partial charge in [0.15, 0.2) is 0 Å². The van der Waals surface area contributed by atoms with Crippen LogP contribution in [-0.2, 0) is 0 Å². The highest BCUT2D eigenvalue weighted by Gasteiger charge is 2.07. The maximum absolute atomic E-state index is 13.5. The molecule has 76 valence electrons. The molecule has 1 heteroatoms. The Morgan fingerprint density at radius 2 is 2.14 bits per heavy atom. The van der Waals surface area contributed by atoms with Crippen LogP contribution < -0.4 is 0 Å². The number of halogens is 1. The summed E-state index contributed by atoms with van der Waals surface area (Å²) in [6.07, 6.45) is 1.03. The van der Waals surface area contributed by atoms with Crippen molar-refractivity contribution in [3.05, 3.63) is 41.7 Å². The Labute approximate surface area is 85.5 Å². The Bertz CT molecular complexity index is 339. The van der Waals surface area contributed by atoms with Crippen molar-refractivity contribution in [1.82, 2.24) is 0 Å². The molecule has 1 rings (SSSR count). The van der Waals surface area contributed by atoms with Crippen LogP contribution in [0, 0.1) is 5.82 Å². The van der Waals surface area contributed by atoms with Crippen LogP contribution in [0.25, 0.3) is 5.57 Å². The van der Waals surface area contributed by atoms with Crippen molar-refractivity contribution in [2.24, 2.45) is 0 Å². The van der Waals surface area contributed by atoms with Crippen LogP contribution in [0.3, 0.4) is 0 Å². The van der Waals surface area contributed by atoms with E-state index in [2.05, 4.69) is 20.4 Å². The quantitative estimate of drug-likeness (QED) is 0.667. The Balaban J connectivity index is 3.06. The lowest BCUT2D eigenvalue weighted by molar-refractivity contribution is 0.616. The number of allylic oxidation sites excluding steroid dienone is 1. The second-order valence-corrected chi connectivity index (χ2v) is 3.83. The van der Waals surface area contributed by atoms with Crippen molar-refractivity contribution in [2.75, 3.05) is 0 Å². The summed E-state index contributed by atoms with van der Waals surface area (Å²) >= 11 is 0. The van der Waals surface area contributed by atoms with Gasteiger partial charge in [0.2, 0.25) is 0 Å². The largest absolute Gasteiger partial charge is 0.206 e. The molecule has 1 aromatic rings. The molecule has 14 heavy (non-hydrogen) atoms. The van der Waals surface area contributed by atoms with E-state index < -0.39 is 0 Å². The van der Waals surface area contributed by atoms with Crippen LogP contribution in [0.1, 0.15) is 44.2 Å². The second kappa shape index (κ2) is 4.41. The predicted octanol–water partition coefficient (Wildman–Crippen LogP) is 4.37.